The molecule has 0 aromatic carbocycles. The van der Waals surface area contributed by atoms with Crippen LogP contribution >= 0.6 is 12.2 Å². The number of pyridine rings is 1. The summed E-state index contributed by atoms with van der Waals surface area (Å²) in [7, 11) is 0. The van der Waals surface area contributed by atoms with Gasteiger partial charge >= 0.3 is 0 Å². The van der Waals surface area contributed by atoms with E-state index in [-0.39, 0.29) is 0 Å². The normalized spacial score (nSPS) is 10.1. The summed E-state index contributed by atoms with van der Waals surface area (Å²) in [6.07, 6.45) is 5.86. The molecule has 0 aliphatic rings. The molecule has 0 aliphatic heterocycles. The molecule has 0 saturated heterocycles. The number of aromatic nitrogens is 1. The Bertz CT molecular complexity index is 496. The van der Waals surface area contributed by atoms with Crippen LogP contribution in [0, 0.1) is 0 Å². The van der Waals surface area contributed by atoms with E-state index in [0.29, 0.717) is 4.99 Å². The Morgan fingerprint density at radius 1 is 1.47 bits per heavy atom. The van der Waals surface area contributed by atoms with Crippen molar-refractivity contribution >= 4 is 22.9 Å². The van der Waals surface area contributed by atoms with Gasteiger partial charge in [0.25, 0.3) is 0 Å². The number of furan rings is 1. The summed E-state index contributed by atoms with van der Waals surface area (Å²) in [6.45, 7) is 0.745. The van der Waals surface area contributed by atoms with Crippen LogP contribution < -0.4 is 11.1 Å². The van der Waals surface area contributed by atoms with Crippen molar-refractivity contribution in [2.24, 2.45) is 5.73 Å². The van der Waals surface area contributed by atoms with E-state index in [0.717, 1.165) is 30.0 Å². The molecular weight excluding hydrogens is 234 g/mol. The largest absolute Gasteiger partial charge is 0.469 e. The molecule has 0 fully saturated rings. The van der Waals surface area contributed by atoms with Gasteiger partial charge in [-0.15, -0.1) is 0 Å². The van der Waals surface area contributed by atoms with Crippen LogP contribution in [-0.2, 0) is 6.42 Å². The number of hydrogen-bond acceptors (Lipinski definition) is 4. The molecule has 0 amide bonds. The molecule has 17 heavy (non-hydrogen) atoms. The van der Waals surface area contributed by atoms with Crippen molar-refractivity contribution in [2.75, 3.05) is 11.9 Å². The zero-order valence-corrected chi connectivity index (χ0v) is 10.0. The average molecular weight is 247 g/mol. The predicted octanol–water partition coefficient (Wildman–Crippen LogP) is 1.96. The second-order valence-electron chi connectivity index (χ2n) is 3.54. The predicted molar refractivity (Wildman–Crippen MR) is 71.0 cm³/mol. The topological polar surface area (TPSA) is 64.1 Å². The van der Waals surface area contributed by atoms with Gasteiger partial charge < -0.3 is 15.5 Å². The van der Waals surface area contributed by atoms with Crippen molar-refractivity contribution in [3.8, 4) is 0 Å². The van der Waals surface area contributed by atoms with Crippen LogP contribution in [0.2, 0.25) is 0 Å². The monoisotopic (exact) mass is 247 g/mol. The average Bonchev–Trinajstić information content (AvgIpc) is 2.82. The molecule has 2 aromatic rings. The van der Waals surface area contributed by atoms with E-state index in [1.807, 2.05) is 12.1 Å². The van der Waals surface area contributed by atoms with Crippen LogP contribution in [0.4, 0.5) is 5.69 Å². The molecule has 0 saturated carbocycles. The van der Waals surface area contributed by atoms with E-state index in [1.54, 1.807) is 24.7 Å². The van der Waals surface area contributed by atoms with Crippen LogP contribution in [0.3, 0.4) is 0 Å². The Balaban J connectivity index is 1.97. The fourth-order valence-electron chi connectivity index (χ4n) is 1.53. The van der Waals surface area contributed by atoms with Gasteiger partial charge in [0.2, 0.25) is 0 Å². The SMILES string of the molecule is NC(=S)c1ccncc1NCCc1ccco1. The van der Waals surface area contributed by atoms with Gasteiger partial charge in [0, 0.05) is 24.7 Å². The molecular formula is C12H13N3OS. The lowest BCUT2D eigenvalue weighted by Crippen LogP contribution is -2.14. The summed E-state index contributed by atoms with van der Waals surface area (Å²) in [5.41, 5.74) is 7.29. The summed E-state index contributed by atoms with van der Waals surface area (Å²) >= 11 is 4.97. The first kappa shape index (κ1) is 11.6. The highest BCUT2D eigenvalue weighted by Gasteiger charge is 2.04. The number of nitrogens with one attached hydrogen (secondary N) is 1. The van der Waals surface area contributed by atoms with Gasteiger partial charge in [0.15, 0.2) is 0 Å². The van der Waals surface area contributed by atoms with E-state index >= 15 is 0 Å². The molecule has 0 unspecified atom stereocenters. The molecule has 0 spiro atoms. The second kappa shape index (κ2) is 5.45. The van der Waals surface area contributed by atoms with Crippen molar-refractivity contribution in [1.29, 1.82) is 0 Å². The quantitative estimate of drug-likeness (QED) is 0.791. The third-order valence-corrected chi connectivity index (χ3v) is 2.57. The maximum atomic E-state index is 5.63. The third kappa shape index (κ3) is 3.04. The minimum absolute atomic E-state index is 0.368. The molecule has 0 bridgehead atoms. The Labute approximate surface area is 105 Å². The summed E-state index contributed by atoms with van der Waals surface area (Å²) in [5.74, 6) is 0.943. The molecule has 0 radical (unpaired) electrons. The molecule has 2 aromatic heterocycles. The van der Waals surface area contributed by atoms with E-state index in [9.17, 15) is 0 Å². The number of hydrogen-bond donors (Lipinski definition) is 2. The molecule has 3 N–H and O–H groups in total. The minimum atomic E-state index is 0.368. The Morgan fingerprint density at radius 2 is 2.35 bits per heavy atom. The van der Waals surface area contributed by atoms with Crippen molar-refractivity contribution in [3.05, 3.63) is 48.2 Å². The molecule has 5 heteroatoms. The Hall–Kier alpha value is -1.88. The van der Waals surface area contributed by atoms with E-state index in [2.05, 4.69) is 10.3 Å². The van der Waals surface area contributed by atoms with Crippen molar-refractivity contribution < 1.29 is 4.42 Å². The van der Waals surface area contributed by atoms with Crippen LogP contribution in [0.1, 0.15) is 11.3 Å². The van der Waals surface area contributed by atoms with Crippen LogP contribution in [-0.4, -0.2) is 16.5 Å². The second-order valence-corrected chi connectivity index (χ2v) is 3.98. The summed E-state index contributed by atoms with van der Waals surface area (Å²) < 4.78 is 5.24. The maximum absolute atomic E-state index is 5.63. The van der Waals surface area contributed by atoms with Gasteiger partial charge in [-0.1, -0.05) is 12.2 Å². The first-order chi connectivity index (χ1) is 8.27. The fraction of sp³-hybridized carbons (Fsp3) is 0.167. The minimum Gasteiger partial charge on any atom is -0.469 e. The van der Waals surface area contributed by atoms with Gasteiger partial charge in [0.05, 0.1) is 18.1 Å². The summed E-state index contributed by atoms with van der Waals surface area (Å²) in [5, 5.41) is 3.24. The lowest BCUT2D eigenvalue weighted by atomic mass is 10.2. The standard InChI is InChI=1S/C12H13N3OS/c13-12(17)10-4-5-14-8-11(10)15-6-3-9-2-1-7-16-9/h1-2,4-5,7-8,15H,3,6H2,(H2,13,17). The highest BCUT2D eigenvalue weighted by atomic mass is 32.1. The van der Waals surface area contributed by atoms with Crippen LogP contribution in [0.5, 0.6) is 0 Å². The van der Waals surface area contributed by atoms with Crippen molar-refractivity contribution in [1.82, 2.24) is 4.98 Å². The van der Waals surface area contributed by atoms with Crippen molar-refractivity contribution in [3.63, 3.8) is 0 Å². The number of thiocarbonyl (C=S) groups is 1. The van der Waals surface area contributed by atoms with E-state index in [1.165, 1.54) is 0 Å². The number of anilines is 1. The van der Waals surface area contributed by atoms with E-state index in [4.69, 9.17) is 22.4 Å². The zero-order valence-electron chi connectivity index (χ0n) is 9.22. The first-order valence-corrected chi connectivity index (χ1v) is 5.68. The lowest BCUT2D eigenvalue weighted by molar-refractivity contribution is 0.513. The van der Waals surface area contributed by atoms with Gasteiger partial charge in [-0.25, -0.2) is 0 Å². The molecule has 2 heterocycles. The molecule has 0 aliphatic carbocycles. The molecule has 4 nitrogen and oxygen atoms in total. The molecule has 0 atom stereocenters. The fourth-order valence-corrected chi connectivity index (χ4v) is 1.70. The van der Waals surface area contributed by atoms with Gasteiger partial charge in [-0.3, -0.25) is 4.98 Å². The first-order valence-electron chi connectivity index (χ1n) is 5.27. The lowest BCUT2D eigenvalue weighted by Gasteiger charge is -2.09. The highest BCUT2D eigenvalue weighted by Crippen LogP contribution is 2.13. The molecule has 88 valence electrons. The zero-order chi connectivity index (χ0) is 12.1. The van der Waals surface area contributed by atoms with Gasteiger partial charge in [-0.2, -0.15) is 0 Å². The van der Waals surface area contributed by atoms with Crippen LogP contribution in [0.15, 0.2) is 41.3 Å². The molecule has 2 rings (SSSR count). The smallest absolute Gasteiger partial charge is 0.106 e. The third-order valence-electron chi connectivity index (χ3n) is 2.35. The van der Waals surface area contributed by atoms with Gasteiger partial charge in [-0.05, 0) is 18.2 Å². The Morgan fingerprint density at radius 3 is 3.06 bits per heavy atom. The highest BCUT2D eigenvalue weighted by molar-refractivity contribution is 7.80. The Kier molecular flexibility index (Phi) is 3.72. The van der Waals surface area contributed by atoms with Gasteiger partial charge in [0.1, 0.15) is 10.7 Å². The summed E-state index contributed by atoms with van der Waals surface area (Å²) in [6, 6.07) is 5.62. The number of nitrogens with zero attached hydrogens (tertiary/aromatic N) is 1. The van der Waals surface area contributed by atoms with Crippen LogP contribution in [0.25, 0.3) is 0 Å². The maximum Gasteiger partial charge on any atom is 0.106 e. The summed E-state index contributed by atoms with van der Waals surface area (Å²) in [4.78, 5) is 4.41. The van der Waals surface area contributed by atoms with E-state index < -0.39 is 0 Å². The number of nitrogens with two attached hydrogens (primary N) is 1. The number of rotatable bonds is 5. The van der Waals surface area contributed by atoms with Crippen molar-refractivity contribution in [2.45, 2.75) is 6.42 Å².